The number of rotatable bonds is 6. The van der Waals surface area contributed by atoms with Crippen molar-refractivity contribution < 1.29 is 23.8 Å². The smallest absolute Gasteiger partial charge is 0.370 e. The topological polar surface area (TPSA) is 61.8 Å². The second kappa shape index (κ2) is 7.55. The van der Waals surface area contributed by atoms with E-state index >= 15 is 0 Å². The van der Waals surface area contributed by atoms with E-state index < -0.39 is 17.1 Å². The molecule has 0 rings (SSSR count). The number of ether oxygens (including phenoxy) is 3. The average molecular weight is 264 g/mol. The molecule has 6 heteroatoms. The van der Waals surface area contributed by atoms with Gasteiger partial charge in [0.1, 0.15) is 0 Å². The standard InChI is InChI=1S/C11H20O5S/c1-8(2)9(12)15-11(3,4)16-10(13)17-7-6-14-5/h8H,6-7H2,1-5H3. The van der Waals surface area contributed by atoms with E-state index in [0.717, 1.165) is 11.8 Å². The van der Waals surface area contributed by atoms with E-state index in [9.17, 15) is 9.59 Å². The molecule has 0 aromatic carbocycles. The number of hydrogen-bond donors (Lipinski definition) is 0. The summed E-state index contributed by atoms with van der Waals surface area (Å²) in [4.78, 5) is 22.7. The van der Waals surface area contributed by atoms with Crippen LogP contribution in [0.1, 0.15) is 27.7 Å². The Bertz CT molecular complexity index is 263. The molecule has 0 aliphatic rings. The Morgan fingerprint density at radius 2 is 1.82 bits per heavy atom. The molecule has 0 unspecified atom stereocenters. The van der Waals surface area contributed by atoms with Crippen LogP contribution in [0.5, 0.6) is 0 Å². The van der Waals surface area contributed by atoms with Crippen LogP contribution in [0.15, 0.2) is 0 Å². The lowest BCUT2D eigenvalue weighted by atomic mass is 10.2. The first kappa shape index (κ1) is 16.2. The van der Waals surface area contributed by atoms with Gasteiger partial charge in [-0.3, -0.25) is 4.79 Å². The van der Waals surface area contributed by atoms with E-state index in [0.29, 0.717) is 12.4 Å². The van der Waals surface area contributed by atoms with E-state index in [1.165, 1.54) is 13.8 Å². The molecule has 0 aromatic heterocycles. The lowest BCUT2D eigenvalue weighted by Crippen LogP contribution is -2.34. The van der Waals surface area contributed by atoms with Gasteiger partial charge >= 0.3 is 11.3 Å². The number of hydrogen-bond acceptors (Lipinski definition) is 6. The molecule has 0 saturated heterocycles. The maximum Gasteiger partial charge on any atom is 0.370 e. The van der Waals surface area contributed by atoms with Crippen molar-refractivity contribution in [2.24, 2.45) is 5.92 Å². The maximum atomic E-state index is 11.4. The fourth-order valence-corrected chi connectivity index (χ4v) is 1.50. The van der Waals surface area contributed by atoms with Gasteiger partial charge in [0, 0.05) is 26.7 Å². The van der Waals surface area contributed by atoms with Crippen molar-refractivity contribution in [1.82, 2.24) is 0 Å². The van der Waals surface area contributed by atoms with E-state index in [4.69, 9.17) is 14.2 Å². The average Bonchev–Trinajstić information content (AvgIpc) is 2.16. The van der Waals surface area contributed by atoms with Gasteiger partial charge < -0.3 is 14.2 Å². The van der Waals surface area contributed by atoms with Crippen molar-refractivity contribution in [3.8, 4) is 0 Å². The zero-order chi connectivity index (χ0) is 13.5. The van der Waals surface area contributed by atoms with Crippen molar-refractivity contribution in [3.63, 3.8) is 0 Å². The molecule has 0 atom stereocenters. The second-order valence-corrected chi connectivity index (χ2v) is 5.20. The Balaban J connectivity index is 4.06. The van der Waals surface area contributed by atoms with E-state index in [1.807, 2.05) is 0 Å². The van der Waals surface area contributed by atoms with Gasteiger partial charge in [-0.1, -0.05) is 13.8 Å². The Morgan fingerprint density at radius 1 is 1.24 bits per heavy atom. The normalized spacial score (nSPS) is 11.4. The van der Waals surface area contributed by atoms with Crippen LogP contribution in [0, 0.1) is 5.92 Å². The molecule has 0 N–H and O–H groups in total. The van der Waals surface area contributed by atoms with Crippen molar-refractivity contribution in [1.29, 1.82) is 0 Å². The van der Waals surface area contributed by atoms with Gasteiger partial charge in [0.05, 0.1) is 12.5 Å². The second-order valence-electron chi connectivity index (χ2n) is 4.17. The summed E-state index contributed by atoms with van der Waals surface area (Å²) in [5.41, 5.74) is 0. The molecule has 17 heavy (non-hydrogen) atoms. The fourth-order valence-electron chi connectivity index (χ4n) is 0.819. The molecule has 0 amide bonds. The van der Waals surface area contributed by atoms with Gasteiger partial charge in [-0.25, -0.2) is 4.79 Å². The van der Waals surface area contributed by atoms with Gasteiger partial charge in [0.25, 0.3) is 5.79 Å². The van der Waals surface area contributed by atoms with Crippen LogP contribution in [-0.4, -0.2) is 36.5 Å². The molecule has 0 aliphatic carbocycles. The molecule has 0 spiro atoms. The largest absolute Gasteiger partial charge is 0.423 e. The Hall–Kier alpha value is -0.750. The minimum Gasteiger partial charge on any atom is -0.423 e. The summed E-state index contributed by atoms with van der Waals surface area (Å²) in [6, 6.07) is 0. The van der Waals surface area contributed by atoms with E-state index in [-0.39, 0.29) is 5.92 Å². The summed E-state index contributed by atoms with van der Waals surface area (Å²) in [5.74, 6) is -1.39. The van der Waals surface area contributed by atoms with Crippen LogP contribution in [0.2, 0.25) is 0 Å². The van der Waals surface area contributed by atoms with Crippen LogP contribution >= 0.6 is 11.8 Å². The molecule has 0 aliphatic heterocycles. The highest BCUT2D eigenvalue weighted by Gasteiger charge is 2.28. The highest BCUT2D eigenvalue weighted by Crippen LogP contribution is 2.18. The first-order valence-electron chi connectivity index (χ1n) is 5.36. The van der Waals surface area contributed by atoms with Crippen LogP contribution in [0.25, 0.3) is 0 Å². The molecule has 0 radical (unpaired) electrons. The van der Waals surface area contributed by atoms with Crippen LogP contribution in [0.3, 0.4) is 0 Å². The zero-order valence-corrected chi connectivity index (χ0v) is 11.8. The Labute approximate surface area is 106 Å². The van der Waals surface area contributed by atoms with Gasteiger partial charge in [0.2, 0.25) is 0 Å². The summed E-state index contributed by atoms with van der Waals surface area (Å²) in [6.45, 7) is 6.96. The molecule has 0 aromatic rings. The summed E-state index contributed by atoms with van der Waals surface area (Å²) < 4.78 is 14.9. The molecule has 5 nitrogen and oxygen atoms in total. The van der Waals surface area contributed by atoms with Crippen molar-refractivity contribution in [3.05, 3.63) is 0 Å². The number of esters is 1. The van der Waals surface area contributed by atoms with Gasteiger partial charge in [-0.05, 0) is 11.8 Å². The summed E-state index contributed by atoms with van der Waals surface area (Å²) in [7, 11) is 1.56. The summed E-state index contributed by atoms with van der Waals surface area (Å²) in [5, 5.41) is -0.483. The van der Waals surface area contributed by atoms with Crippen LogP contribution in [0.4, 0.5) is 4.79 Å². The quantitative estimate of drug-likeness (QED) is 0.417. The highest BCUT2D eigenvalue weighted by atomic mass is 32.2. The van der Waals surface area contributed by atoms with Crippen LogP contribution in [-0.2, 0) is 19.0 Å². The number of methoxy groups -OCH3 is 1. The molecule has 0 fully saturated rings. The lowest BCUT2D eigenvalue weighted by molar-refractivity contribution is -0.195. The predicted octanol–water partition coefficient (Wildman–Crippen LogP) is 2.44. The van der Waals surface area contributed by atoms with Gasteiger partial charge in [-0.2, -0.15) is 0 Å². The maximum absolute atomic E-state index is 11.4. The Kier molecular flexibility index (Phi) is 7.22. The third-order valence-corrected chi connectivity index (χ3v) is 2.34. The Morgan fingerprint density at radius 3 is 2.29 bits per heavy atom. The molecular formula is C11H20O5S. The minimum absolute atomic E-state index is 0.255. The molecule has 0 heterocycles. The molecule has 100 valence electrons. The first-order valence-corrected chi connectivity index (χ1v) is 6.34. The lowest BCUT2D eigenvalue weighted by Gasteiger charge is -2.25. The third-order valence-electron chi connectivity index (χ3n) is 1.65. The monoisotopic (exact) mass is 264 g/mol. The van der Waals surface area contributed by atoms with Gasteiger partial charge in [0.15, 0.2) is 0 Å². The molecule has 0 saturated carbocycles. The number of carbonyl (C=O) groups is 2. The predicted molar refractivity (Wildman–Crippen MR) is 65.8 cm³/mol. The third kappa shape index (κ3) is 8.04. The zero-order valence-electron chi connectivity index (χ0n) is 10.9. The SMILES string of the molecule is COCCSC(=O)OC(C)(C)OC(=O)C(C)C. The number of carbonyl (C=O) groups excluding carboxylic acids is 2. The summed E-state index contributed by atoms with van der Waals surface area (Å²) >= 11 is 0.986. The minimum atomic E-state index is -1.24. The molecule has 0 bridgehead atoms. The van der Waals surface area contributed by atoms with Crippen LogP contribution < -0.4 is 0 Å². The van der Waals surface area contributed by atoms with E-state index in [2.05, 4.69) is 0 Å². The van der Waals surface area contributed by atoms with Crippen molar-refractivity contribution in [2.75, 3.05) is 19.5 Å². The summed E-state index contributed by atoms with van der Waals surface area (Å²) in [6.07, 6.45) is 0. The molecular weight excluding hydrogens is 244 g/mol. The van der Waals surface area contributed by atoms with Gasteiger partial charge in [-0.15, -0.1) is 0 Å². The van der Waals surface area contributed by atoms with Crippen molar-refractivity contribution >= 4 is 23.0 Å². The van der Waals surface area contributed by atoms with E-state index in [1.54, 1.807) is 21.0 Å². The fraction of sp³-hybridized carbons (Fsp3) is 0.818. The first-order chi connectivity index (χ1) is 7.78. The highest BCUT2D eigenvalue weighted by molar-refractivity contribution is 8.13. The number of thioether (sulfide) groups is 1. The van der Waals surface area contributed by atoms with Crippen molar-refractivity contribution in [2.45, 2.75) is 33.5 Å².